The number of pyridine rings is 1. The van der Waals surface area contributed by atoms with Crippen LogP contribution in [0.5, 0.6) is 0 Å². The van der Waals surface area contributed by atoms with E-state index in [1.165, 1.54) is 11.0 Å². The summed E-state index contributed by atoms with van der Waals surface area (Å²) in [6.07, 6.45) is 3.88. The van der Waals surface area contributed by atoms with Gasteiger partial charge in [0.05, 0.1) is 10.7 Å². The molecular weight excluding hydrogens is 349 g/mol. The summed E-state index contributed by atoms with van der Waals surface area (Å²) in [7, 11) is 1.67. The van der Waals surface area contributed by atoms with Crippen molar-refractivity contribution in [3.63, 3.8) is 0 Å². The Hall–Kier alpha value is -2.11. The van der Waals surface area contributed by atoms with Crippen molar-refractivity contribution in [2.45, 2.75) is 12.8 Å². The molecule has 2 amide bonds. The Kier molecular flexibility index (Phi) is 6.58. The Labute approximate surface area is 150 Å². The molecule has 0 radical (unpaired) electrons. The van der Waals surface area contributed by atoms with Gasteiger partial charge in [0.1, 0.15) is 6.42 Å². The highest BCUT2D eigenvalue weighted by Crippen LogP contribution is 2.25. The molecule has 0 aliphatic heterocycles. The van der Waals surface area contributed by atoms with Gasteiger partial charge >= 0.3 is 0 Å². The van der Waals surface area contributed by atoms with Crippen molar-refractivity contribution in [2.24, 2.45) is 0 Å². The second-order valence-corrected chi connectivity index (χ2v) is 6.11. The van der Waals surface area contributed by atoms with E-state index in [9.17, 15) is 9.59 Å². The van der Waals surface area contributed by atoms with Crippen LogP contribution in [0.4, 0.5) is 5.69 Å². The van der Waals surface area contributed by atoms with Crippen LogP contribution in [0.2, 0.25) is 10.0 Å². The number of aromatic nitrogens is 1. The van der Waals surface area contributed by atoms with Crippen molar-refractivity contribution in [3.05, 3.63) is 58.3 Å². The lowest BCUT2D eigenvalue weighted by Crippen LogP contribution is -2.32. The fraction of sp³-hybridized carbons (Fsp3) is 0.235. The van der Waals surface area contributed by atoms with Gasteiger partial charge in [-0.2, -0.15) is 0 Å². The summed E-state index contributed by atoms with van der Waals surface area (Å²) >= 11 is 11.8. The number of likely N-dealkylation sites (N-methyl/N-ethyl adjacent to an activating group) is 1. The summed E-state index contributed by atoms with van der Waals surface area (Å²) in [5, 5.41) is 3.42. The van der Waals surface area contributed by atoms with Gasteiger partial charge in [-0.15, -0.1) is 0 Å². The summed E-state index contributed by atoms with van der Waals surface area (Å²) in [5.74, 6) is -0.674. The maximum Gasteiger partial charge on any atom is 0.233 e. The number of hydrogen-bond acceptors (Lipinski definition) is 3. The number of anilines is 1. The standard InChI is InChI=1S/C17H17Cl2N3O2/c1-22(9-6-12-4-7-20-8-5-12)17(24)11-16(23)21-15-3-2-13(18)10-14(15)19/h2-5,7-8,10H,6,9,11H2,1H3,(H,21,23). The van der Waals surface area contributed by atoms with Gasteiger partial charge in [0.2, 0.25) is 11.8 Å². The quantitative estimate of drug-likeness (QED) is 0.797. The number of nitrogens with one attached hydrogen (secondary N) is 1. The molecule has 0 saturated heterocycles. The molecule has 1 aromatic heterocycles. The Morgan fingerprint density at radius 1 is 1.17 bits per heavy atom. The Bertz CT molecular complexity index is 723. The van der Waals surface area contributed by atoms with Crippen molar-refractivity contribution < 1.29 is 9.59 Å². The van der Waals surface area contributed by atoms with Crippen LogP contribution in [-0.4, -0.2) is 35.3 Å². The van der Waals surface area contributed by atoms with Crippen molar-refractivity contribution in [2.75, 3.05) is 18.9 Å². The SMILES string of the molecule is CN(CCc1ccncc1)C(=O)CC(=O)Nc1ccc(Cl)cc1Cl. The third-order valence-corrected chi connectivity index (χ3v) is 3.98. The van der Waals surface area contributed by atoms with E-state index in [1.54, 1.807) is 31.6 Å². The van der Waals surface area contributed by atoms with Gasteiger partial charge < -0.3 is 10.2 Å². The lowest BCUT2D eigenvalue weighted by atomic mass is 10.2. The van der Waals surface area contributed by atoms with E-state index in [0.717, 1.165) is 5.56 Å². The smallest absolute Gasteiger partial charge is 0.233 e. The van der Waals surface area contributed by atoms with Gasteiger partial charge in [-0.25, -0.2) is 0 Å². The molecule has 0 unspecified atom stereocenters. The molecule has 0 aliphatic carbocycles. The second-order valence-electron chi connectivity index (χ2n) is 5.27. The predicted molar refractivity (Wildman–Crippen MR) is 95.3 cm³/mol. The second kappa shape index (κ2) is 8.66. The largest absolute Gasteiger partial charge is 0.345 e. The Morgan fingerprint density at radius 3 is 2.54 bits per heavy atom. The average molecular weight is 366 g/mol. The minimum atomic E-state index is -0.417. The molecule has 2 rings (SSSR count). The minimum Gasteiger partial charge on any atom is -0.345 e. The van der Waals surface area contributed by atoms with Crippen molar-refractivity contribution >= 4 is 40.7 Å². The first-order chi connectivity index (χ1) is 11.5. The molecule has 0 spiro atoms. The first-order valence-electron chi connectivity index (χ1n) is 7.33. The van der Waals surface area contributed by atoms with Crippen molar-refractivity contribution in [3.8, 4) is 0 Å². The van der Waals surface area contributed by atoms with E-state index in [2.05, 4.69) is 10.3 Å². The van der Waals surface area contributed by atoms with Crippen molar-refractivity contribution in [1.82, 2.24) is 9.88 Å². The number of rotatable bonds is 6. The molecule has 0 bridgehead atoms. The van der Waals surface area contributed by atoms with Crippen LogP contribution in [0, 0.1) is 0 Å². The first-order valence-corrected chi connectivity index (χ1v) is 8.09. The summed E-state index contributed by atoms with van der Waals surface area (Å²) in [5.41, 5.74) is 1.51. The third-order valence-electron chi connectivity index (χ3n) is 3.43. The van der Waals surface area contributed by atoms with E-state index in [-0.39, 0.29) is 12.3 Å². The maximum absolute atomic E-state index is 12.1. The van der Waals surface area contributed by atoms with Gasteiger partial charge in [0.25, 0.3) is 0 Å². The van der Waals surface area contributed by atoms with Crippen LogP contribution < -0.4 is 5.32 Å². The zero-order valence-corrected chi connectivity index (χ0v) is 14.6. The van der Waals surface area contributed by atoms with Gasteiger partial charge in [-0.1, -0.05) is 23.2 Å². The molecule has 0 atom stereocenters. The van der Waals surface area contributed by atoms with E-state index >= 15 is 0 Å². The summed E-state index contributed by atoms with van der Waals surface area (Å²) in [4.78, 5) is 29.6. The highest BCUT2D eigenvalue weighted by Gasteiger charge is 2.15. The van der Waals surface area contributed by atoms with E-state index < -0.39 is 5.91 Å². The van der Waals surface area contributed by atoms with Crippen LogP contribution in [0.25, 0.3) is 0 Å². The Balaban J connectivity index is 1.83. The summed E-state index contributed by atoms with van der Waals surface area (Å²) < 4.78 is 0. The first kappa shape index (κ1) is 18.2. The minimum absolute atomic E-state index is 0.244. The zero-order chi connectivity index (χ0) is 17.5. The molecule has 0 fully saturated rings. The zero-order valence-electron chi connectivity index (χ0n) is 13.1. The van der Waals surface area contributed by atoms with Gasteiger partial charge in [0.15, 0.2) is 0 Å². The normalized spacial score (nSPS) is 10.3. The fourth-order valence-electron chi connectivity index (χ4n) is 2.03. The summed E-state index contributed by atoms with van der Waals surface area (Å²) in [6.45, 7) is 0.526. The number of amides is 2. The van der Waals surface area contributed by atoms with Gasteiger partial charge in [-0.05, 0) is 42.3 Å². The maximum atomic E-state index is 12.1. The number of carbonyl (C=O) groups is 2. The molecule has 5 nitrogen and oxygen atoms in total. The van der Waals surface area contributed by atoms with Gasteiger partial charge in [-0.3, -0.25) is 14.6 Å². The number of benzene rings is 1. The molecule has 1 N–H and O–H groups in total. The molecule has 2 aromatic rings. The van der Waals surface area contributed by atoms with E-state index in [0.29, 0.717) is 28.7 Å². The topological polar surface area (TPSA) is 62.3 Å². The molecule has 126 valence electrons. The number of nitrogens with zero attached hydrogens (tertiary/aromatic N) is 2. The highest BCUT2D eigenvalue weighted by atomic mass is 35.5. The molecule has 7 heteroatoms. The molecule has 1 aromatic carbocycles. The lowest BCUT2D eigenvalue weighted by molar-refractivity contribution is -0.133. The Morgan fingerprint density at radius 2 is 1.88 bits per heavy atom. The number of hydrogen-bond donors (Lipinski definition) is 1. The monoisotopic (exact) mass is 365 g/mol. The molecule has 0 aliphatic rings. The highest BCUT2D eigenvalue weighted by molar-refractivity contribution is 6.36. The average Bonchev–Trinajstić information content (AvgIpc) is 2.56. The molecule has 1 heterocycles. The van der Waals surface area contributed by atoms with Crippen molar-refractivity contribution in [1.29, 1.82) is 0 Å². The lowest BCUT2D eigenvalue weighted by Gasteiger charge is -2.17. The van der Waals surface area contributed by atoms with Crippen LogP contribution in [0.3, 0.4) is 0 Å². The van der Waals surface area contributed by atoms with Crippen LogP contribution in [0.1, 0.15) is 12.0 Å². The van der Waals surface area contributed by atoms with E-state index in [4.69, 9.17) is 23.2 Å². The van der Waals surface area contributed by atoms with Crippen LogP contribution >= 0.6 is 23.2 Å². The van der Waals surface area contributed by atoms with Gasteiger partial charge in [0, 0.05) is 31.0 Å². The predicted octanol–water partition coefficient (Wildman–Crippen LogP) is 3.42. The van der Waals surface area contributed by atoms with Crippen LogP contribution in [-0.2, 0) is 16.0 Å². The third kappa shape index (κ3) is 5.51. The van der Waals surface area contributed by atoms with Crippen LogP contribution in [0.15, 0.2) is 42.7 Å². The number of halogens is 2. The molecular formula is C17H17Cl2N3O2. The number of carbonyl (C=O) groups excluding carboxylic acids is 2. The van der Waals surface area contributed by atoms with E-state index in [1.807, 2.05) is 12.1 Å². The molecule has 0 saturated carbocycles. The fourth-order valence-corrected chi connectivity index (χ4v) is 2.48. The molecule has 24 heavy (non-hydrogen) atoms. The summed E-state index contributed by atoms with van der Waals surface area (Å²) in [6, 6.07) is 8.54.